The molecule has 1 heterocycles. The van der Waals surface area contributed by atoms with Crippen molar-refractivity contribution >= 4 is 24.9 Å². The Bertz CT molecular complexity index is 374. The van der Waals surface area contributed by atoms with Gasteiger partial charge in [-0.2, -0.15) is 12.6 Å². The van der Waals surface area contributed by atoms with E-state index >= 15 is 0 Å². The first kappa shape index (κ1) is 18.3. The Balaban J connectivity index is 2.64. The van der Waals surface area contributed by atoms with Crippen LogP contribution >= 0.6 is 12.6 Å². The number of carbonyl (C=O) groups excluding carboxylic acids is 2. The Morgan fingerprint density at radius 2 is 2.10 bits per heavy atom. The van der Waals surface area contributed by atoms with Crippen LogP contribution in [-0.4, -0.2) is 54.7 Å². The molecule has 0 radical (unpaired) electrons. The average molecular weight is 318 g/mol. The van der Waals surface area contributed by atoms with E-state index in [4.69, 9.17) is 9.47 Å². The highest BCUT2D eigenvalue weighted by Gasteiger charge is 2.44. The van der Waals surface area contributed by atoms with Crippen molar-refractivity contribution in [3.05, 3.63) is 0 Å². The second kappa shape index (κ2) is 7.47. The highest BCUT2D eigenvalue weighted by Crippen LogP contribution is 2.36. The molecule has 0 aromatic heterocycles. The van der Waals surface area contributed by atoms with Gasteiger partial charge < -0.3 is 19.7 Å². The number of hydrogen-bond acceptors (Lipinski definition) is 5. The Morgan fingerprint density at radius 1 is 1.43 bits per heavy atom. The van der Waals surface area contributed by atoms with Crippen LogP contribution in [0.2, 0.25) is 0 Å². The first-order valence-corrected chi connectivity index (χ1v) is 7.75. The first-order valence-electron chi connectivity index (χ1n) is 7.12. The summed E-state index contributed by atoms with van der Waals surface area (Å²) in [6, 6.07) is 0. The molecule has 1 saturated heterocycles. The average Bonchev–Trinajstić information content (AvgIpc) is 2.41. The van der Waals surface area contributed by atoms with Crippen LogP contribution in [0.15, 0.2) is 0 Å². The van der Waals surface area contributed by atoms with Gasteiger partial charge in [-0.05, 0) is 13.8 Å². The van der Waals surface area contributed by atoms with Crippen LogP contribution in [0.1, 0.15) is 34.1 Å². The molecule has 2 amide bonds. The number of thiol groups is 1. The quantitative estimate of drug-likeness (QED) is 0.543. The van der Waals surface area contributed by atoms with Crippen LogP contribution in [0.25, 0.3) is 0 Å². The summed E-state index contributed by atoms with van der Waals surface area (Å²) in [6.45, 7) is 8.91. The van der Waals surface area contributed by atoms with Crippen molar-refractivity contribution in [2.45, 2.75) is 46.1 Å². The number of hydrogen-bond donors (Lipinski definition) is 2. The second-order valence-corrected chi connectivity index (χ2v) is 6.76. The predicted molar refractivity (Wildman–Crippen MR) is 82.9 cm³/mol. The minimum Gasteiger partial charge on any atom is -0.355 e. The molecule has 1 N–H and O–H groups in total. The van der Waals surface area contributed by atoms with Crippen molar-refractivity contribution in [2.24, 2.45) is 5.41 Å². The van der Waals surface area contributed by atoms with E-state index in [0.717, 1.165) is 6.41 Å². The van der Waals surface area contributed by atoms with Gasteiger partial charge in [0.2, 0.25) is 12.3 Å². The maximum atomic E-state index is 11.6. The van der Waals surface area contributed by atoms with Crippen LogP contribution in [0.3, 0.4) is 0 Å². The highest BCUT2D eigenvalue weighted by atomic mass is 32.1. The van der Waals surface area contributed by atoms with Gasteiger partial charge in [0.15, 0.2) is 5.79 Å². The SMILES string of the molecule is CC1(C)OCC(C)(C)C(N(C=O)CCC(=O)NCCS)O1. The van der Waals surface area contributed by atoms with E-state index in [9.17, 15) is 9.59 Å². The van der Waals surface area contributed by atoms with Gasteiger partial charge in [0.25, 0.3) is 0 Å². The van der Waals surface area contributed by atoms with Crippen LogP contribution < -0.4 is 5.32 Å². The third-order valence-electron chi connectivity index (χ3n) is 3.32. The lowest BCUT2D eigenvalue weighted by Crippen LogP contribution is -2.57. The van der Waals surface area contributed by atoms with E-state index in [1.54, 1.807) is 0 Å². The molecule has 1 fully saturated rings. The van der Waals surface area contributed by atoms with Crippen molar-refractivity contribution in [1.82, 2.24) is 10.2 Å². The van der Waals surface area contributed by atoms with Crippen molar-refractivity contribution < 1.29 is 19.1 Å². The largest absolute Gasteiger partial charge is 0.355 e. The summed E-state index contributed by atoms with van der Waals surface area (Å²) in [6.07, 6.45) is 0.556. The molecule has 7 heteroatoms. The smallest absolute Gasteiger partial charge is 0.221 e. The standard InChI is InChI=1S/C14H26N2O4S/c1-13(2)9-19-14(3,4)20-12(13)16(10-17)7-5-11(18)15-6-8-21/h10,12,21H,5-9H2,1-4H3,(H,15,18). The fourth-order valence-electron chi connectivity index (χ4n) is 2.15. The van der Waals surface area contributed by atoms with E-state index < -0.39 is 12.0 Å². The molecule has 0 saturated carbocycles. The molecular weight excluding hydrogens is 292 g/mol. The number of ether oxygens (including phenoxy) is 2. The van der Waals surface area contributed by atoms with Crippen LogP contribution in [0.4, 0.5) is 0 Å². The fourth-order valence-corrected chi connectivity index (χ4v) is 2.26. The summed E-state index contributed by atoms with van der Waals surface area (Å²) in [4.78, 5) is 24.6. The molecule has 122 valence electrons. The number of rotatable bonds is 7. The minimum atomic E-state index is -0.740. The van der Waals surface area contributed by atoms with E-state index in [-0.39, 0.29) is 17.7 Å². The monoisotopic (exact) mass is 318 g/mol. The zero-order chi connectivity index (χ0) is 16.1. The van der Waals surface area contributed by atoms with Gasteiger partial charge >= 0.3 is 0 Å². The lowest BCUT2D eigenvalue weighted by Gasteiger charge is -2.48. The van der Waals surface area contributed by atoms with Crippen molar-refractivity contribution in [3.63, 3.8) is 0 Å². The van der Waals surface area contributed by atoms with E-state index in [1.165, 1.54) is 4.90 Å². The summed E-state index contributed by atoms with van der Waals surface area (Å²) < 4.78 is 11.5. The van der Waals surface area contributed by atoms with Crippen LogP contribution in [0.5, 0.6) is 0 Å². The summed E-state index contributed by atoms with van der Waals surface area (Å²) in [5, 5.41) is 2.73. The van der Waals surface area contributed by atoms with Gasteiger partial charge in [-0.15, -0.1) is 0 Å². The number of nitrogens with one attached hydrogen (secondary N) is 1. The van der Waals surface area contributed by atoms with E-state index in [0.29, 0.717) is 25.4 Å². The summed E-state index contributed by atoms with van der Waals surface area (Å²) in [5.74, 6) is -0.247. The molecule has 1 rings (SSSR count). The van der Waals surface area contributed by atoms with Gasteiger partial charge in [-0.1, -0.05) is 13.8 Å². The molecular formula is C14H26N2O4S. The molecule has 0 aromatic carbocycles. The fraction of sp³-hybridized carbons (Fsp3) is 0.857. The van der Waals surface area contributed by atoms with E-state index in [1.807, 2.05) is 27.7 Å². The van der Waals surface area contributed by atoms with Crippen molar-refractivity contribution in [3.8, 4) is 0 Å². The van der Waals surface area contributed by atoms with Gasteiger partial charge in [-0.25, -0.2) is 0 Å². The molecule has 1 aliphatic heterocycles. The predicted octanol–water partition coefficient (Wildman–Crippen LogP) is 1.02. The summed E-state index contributed by atoms with van der Waals surface area (Å²) >= 11 is 4.03. The molecule has 0 aliphatic carbocycles. The third kappa shape index (κ3) is 5.48. The van der Waals surface area contributed by atoms with Gasteiger partial charge in [0, 0.05) is 30.7 Å². The van der Waals surface area contributed by atoms with E-state index in [2.05, 4.69) is 17.9 Å². The third-order valence-corrected chi connectivity index (χ3v) is 3.55. The van der Waals surface area contributed by atoms with Crippen molar-refractivity contribution in [2.75, 3.05) is 25.4 Å². The summed E-state index contributed by atoms with van der Waals surface area (Å²) in [5.41, 5.74) is -0.335. The minimum absolute atomic E-state index is 0.0972. The molecule has 1 unspecified atom stereocenters. The second-order valence-electron chi connectivity index (χ2n) is 6.31. The number of carbonyl (C=O) groups is 2. The van der Waals surface area contributed by atoms with Gasteiger partial charge in [0.1, 0.15) is 6.23 Å². The lowest BCUT2D eigenvalue weighted by molar-refractivity contribution is -0.336. The number of amides is 2. The maximum Gasteiger partial charge on any atom is 0.221 e. The maximum absolute atomic E-state index is 11.6. The van der Waals surface area contributed by atoms with Gasteiger partial charge in [0.05, 0.1) is 6.61 Å². The first-order chi connectivity index (χ1) is 9.72. The lowest BCUT2D eigenvalue weighted by atomic mass is 9.89. The molecule has 1 aliphatic rings. The molecule has 6 nitrogen and oxygen atoms in total. The zero-order valence-corrected chi connectivity index (χ0v) is 14.1. The van der Waals surface area contributed by atoms with Crippen molar-refractivity contribution in [1.29, 1.82) is 0 Å². The molecule has 0 aromatic rings. The Hall–Kier alpha value is -0.790. The van der Waals surface area contributed by atoms with Gasteiger partial charge in [-0.3, -0.25) is 9.59 Å². The van der Waals surface area contributed by atoms with Crippen LogP contribution in [0, 0.1) is 5.41 Å². The Kier molecular flexibility index (Phi) is 6.49. The Morgan fingerprint density at radius 3 is 2.67 bits per heavy atom. The molecule has 1 atom stereocenters. The molecule has 0 spiro atoms. The number of nitrogens with zero attached hydrogens (tertiary/aromatic N) is 1. The van der Waals surface area contributed by atoms with Crippen LogP contribution in [-0.2, 0) is 19.1 Å². The normalized spacial score (nSPS) is 23.4. The summed E-state index contributed by atoms with van der Waals surface area (Å²) in [7, 11) is 0. The molecule has 0 bridgehead atoms. The topological polar surface area (TPSA) is 67.9 Å². The Labute approximate surface area is 131 Å². The molecule has 21 heavy (non-hydrogen) atoms. The zero-order valence-electron chi connectivity index (χ0n) is 13.2. The highest BCUT2D eigenvalue weighted by molar-refractivity contribution is 7.80.